The van der Waals surface area contributed by atoms with E-state index in [1.54, 1.807) is 0 Å². The Morgan fingerprint density at radius 1 is 0.964 bits per heavy atom. The van der Waals surface area contributed by atoms with Gasteiger partial charge in [-0.3, -0.25) is 19.2 Å². The summed E-state index contributed by atoms with van der Waals surface area (Å²) in [6.07, 6.45) is 0.785. The van der Waals surface area contributed by atoms with Crippen molar-refractivity contribution < 1.29 is 34.2 Å². The fourth-order valence-electron chi connectivity index (χ4n) is 2.07. The van der Waals surface area contributed by atoms with Crippen LogP contribution < -0.4 is 33.2 Å². The fraction of sp³-hybridized carbons (Fsp3) is 0.667. The van der Waals surface area contributed by atoms with Crippen molar-refractivity contribution in [3.63, 3.8) is 0 Å². The van der Waals surface area contributed by atoms with Crippen LogP contribution in [0.25, 0.3) is 0 Å². The number of nitrogens with two attached hydrogens (primary N) is 3. The molecule has 4 amide bonds. The van der Waals surface area contributed by atoms with Gasteiger partial charge >= 0.3 is 5.97 Å². The zero-order valence-corrected chi connectivity index (χ0v) is 15.3. The number of hydrogen-bond donors (Lipinski definition) is 8. The molecule has 0 aliphatic rings. The van der Waals surface area contributed by atoms with Gasteiger partial charge in [0.15, 0.2) is 0 Å². The summed E-state index contributed by atoms with van der Waals surface area (Å²) in [5.74, 6) is -4.57. The second kappa shape index (κ2) is 13.4. The first-order chi connectivity index (χ1) is 13.1. The number of carbonyl (C=O) groups excluding carboxylic acids is 4. The number of carboxylic acids is 1. The van der Waals surface area contributed by atoms with Crippen molar-refractivity contribution in [1.29, 1.82) is 0 Å². The average molecular weight is 404 g/mol. The minimum absolute atomic E-state index is 0.137. The Morgan fingerprint density at radius 2 is 1.61 bits per heavy atom. The highest BCUT2D eigenvalue weighted by Gasteiger charge is 2.26. The number of aliphatic carboxylic acids is 1. The van der Waals surface area contributed by atoms with Crippen LogP contribution in [-0.4, -0.2) is 77.6 Å². The summed E-state index contributed by atoms with van der Waals surface area (Å²) in [4.78, 5) is 57.4. The van der Waals surface area contributed by atoms with Crippen LogP contribution in [0.15, 0.2) is 0 Å². The summed E-state index contributed by atoms with van der Waals surface area (Å²) in [7, 11) is 0. The second-order valence-corrected chi connectivity index (χ2v) is 5.98. The van der Waals surface area contributed by atoms with Crippen LogP contribution in [0.4, 0.5) is 0 Å². The first kappa shape index (κ1) is 25.2. The Labute approximate surface area is 161 Å². The van der Waals surface area contributed by atoms with E-state index in [-0.39, 0.29) is 6.42 Å². The van der Waals surface area contributed by atoms with E-state index in [1.807, 2.05) is 0 Å². The van der Waals surface area contributed by atoms with Crippen LogP contribution >= 0.6 is 0 Å². The van der Waals surface area contributed by atoms with Crippen molar-refractivity contribution in [2.24, 2.45) is 17.2 Å². The molecule has 0 bridgehead atoms. The quantitative estimate of drug-likeness (QED) is 0.130. The lowest BCUT2D eigenvalue weighted by Gasteiger charge is -2.20. The van der Waals surface area contributed by atoms with Gasteiger partial charge in [0.2, 0.25) is 23.6 Å². The van der Waals surface area contributed by atoms with Crippen molar-refractivity contribution in [2.75, 3.05) is 19.7 Å². The van der Waals surface area contributed by atoms with Gasteiger partial charge in [0.05, 0.1) is 25.6 Å². The van der Waals surface area contributed by atoms with Crippen molar-refractivity contribution >= 4 is 29.6 Å². The Bertz CT molecular complexity index is 571. The van der Waals surface area contributed by atoms with Gasteiger partial charge in [0.1, 0.15) is 12.1 Å². The highest BCUT2D eigenvalue weighted by molar-refractivity contribution is 5.93. The largest absolute Gasteiger partial charge is 0.480 e. The van der Waals surface area contributed by atoms with Crippen LogP contribution in [0.3, 0.4) is 0 Å². The molecule has 11 N–H and O–H groups in total. The molecule has 0 radical (unpaired) electrons. The fourth-order valence-corrected chi connectivity index (χ4v) is 2.07. The summed E-state index contributed by atoms with van der Waals surface area (Å²) < 4.78 is 0. The molecule has 28 heavy (non-hydrogen) atoms. The molecule has 0 rings (SSSR count). The van der Waals surface area contributed by atoms with Gasteiger partial charge in [-0.15, -0.1) is 0 Å². The molecule has 0 aliphatic carbocycles. The van der Waals surface area contributed by atoms with Gasteiger partial charge in [-0.25, -0.2) is 4.79 Å². The summed E-state index contributed by atoms with van der Waals surface area (Å²) in [6.45, 7) is -0.986. The maximum absolute atomic E-state index is 12.1. The predicted octanol–water partition coefficient (Wildman–Crippen LogP) is -4.52. The van der Waals surface area contributed by atoms with E-state index in [2.05, 4.69) is 16.0 Å². The van der Waals surface area contributed by atoms with Crippen molar-refractivity contribution in [3.05, 3.63) is 0 Å². The van der Waals surface area contributed by atoms with E-state index in [0.717, 1.165) is 0 Å². The second-order valence-electron chi connectivity index (χ2n) is 5.98. The highest BCUT2D eigenvalue weighted by atomic mass is 16.4. The third kappa shape index (κ3) is 10.4. The molecule has 0 aliphatic heterocycles. The van der Waals surface area contributed by atoms with Crippen LogP contribution in [-0.2, 0) is 24.0 Å². The van der Waals surface area contributed by atoms with Crippen LogP contribution in [0.2, 0.25) is 0 Å². The zero-order valence-electron chi connectivity index (χ0n) is 15.3. The zero-order chi connectivity index (χ0) is 21.7. The van der Waals surface area contributed by atoms with Gasteiger partial charge in [0, 0.05) is 0 Å². The molecule has 13 heteroatoms. The molecule has 0 saturated carbocycles. The SMILES string of the molecule is NCCCCC(NC(=O)C(CO)NC(=O)CNC(=O)C(N)CC(N)=O)C(=O)O. The summed E-state index contributed by atoms with van der Waals surface area (Å²) in [5.41, 5.74) is 15.6. The molecule has 0 saturated heterocycles. The lowest BCUT2D eigenvalue weighted by Crippen LogP contribution is -2.55. The smallest absolute Gasteiger partial charge is 0.326 e. The molecule has 160 valence electrons. The number of carbonyl (C=O) groups is 5. The number of rotatable bonds is 14. The topological polar surface area (TPSA) is 240 Å². The minimum atomic E-state index is -1.42. The van der Waals surface area contributed by atoms with E-state index >= 15 is 0 Å². The monoisotopic (exact) mass is 404 g/mol. The maximum atomic E-state index is 12.1. The molecular weight excluding hydrogens is 376 g/mol. The molecule has 3 unspecified atom stereocenters. The van der Waals surface area contributed by atoms with Crippen molar-refractivity contribution in [1.82, 2.24) is 16.0 Å². The lowest BCUT2D eigenvalue weighted by atomic mass is 10.1. The molecule has 0 spiro atoms. The molecule has 0 aromatic carbocycles. The molecular formula is C15H28N6O7. The third-order valence-corrected chi connectivity index (χ3v) is 3.58. The Kier molecular flexibility index (Phi) is 12.1. The lowest BCUT2D eigenvalue weighted by molar-refractivity contribution is -0.142. The van der Waals surface area contributed by atoms with Crippen molar-refractivity contribution in [2.45, 2.75) is 43.8 Å². The van der Waals surface area contributed by atoms with E-state index in [0.29, 0.717) is 19.4 Å². The summed E-state index contributed by atoms with van der Waals surface area (Å²) in [6, 6.07) is -3.84. The number of primary amides is 1. The van der Waals surface area contributed by atoms with Crippen LogP contribution in [0.1, 0.15) is 25.7 Å². The van der Waals surface area contributed by atoms with Gasteiger partial charge in [-0.05, 0) is 25.8 Å². The van der Waals surface area contributed by atoms with E-state index < -0.39 is 67.3 Å². The number of aliphatic hydroxyl groups excluding tert-OH is 1. The summed E-state index contributed by atoms with van der Waals surface area (Å²) in [5, 5.41) is 24.9. The molecule has 13 nitrogen and oxygen atoms in total. The van der Waals surface area contributed by atoms with E-state index in [4.69, 9.17) is 22.3 Å². The predicted molar refractivity (Wildman–Crippen MR) is 96.3 cm³/mol. The standard InChI is InChI=1S/C15H28N6O7/c16-4-2-1-3-9(15(27)28)21-14(26)10(7-22)20-12(24)6-19-13(25)8(17)5-11(18)23/h8-10,22H,1-7,16-17H2,(H2,18,23)(H,19,25)(H,20,24)(H,21,26)(H,27,28). The van der Waals surface area contributed by atoms with E-state index in [1.165, 1.54) is 0 Å². The van der Waals surface area contributed by atoms with Crippen LogP contribution in [0.5, 0.6) is 0 Å². The van der Waals surface area contributed by atoms with Gasteiger partial charge < -0.3 is 43.4 Å². The normalized spacial score (nSPS) is 13.7. The van der Waals surface area contributed by atoms with Gasteiger partial charge in [0.25, 0.3) is 0 Å². The number of aliphatic hydroxyl groups is 1. The Balaban J connectivity index is 4.57. The van der Waals surface area contributed by atoms with Gasteiger partial charge in [-0.2, -0.15) is 0 Å². The first-order valence-electron chi connectivity index (χ1n) is 8.57. The molecule has 0 aromatic rings. The van der Waals surface area contributed by atoms with Crippen LogP contribution in [0, 0.1) is 0 Å². The van der Waals surface area contributed by atoms with E-state index in [9.17, 15) is 29.1 Å². The Hall–Kier alpha value is -2.77. The average Bonchev–Trinajstić information content (AvgIpc) is 2.62. The molecule has 3 atom stereocenters. The van der Waals surface area contributed by atoms with Gasteiger partial charge in [-0.1, -0.05) is 0 Å². The van der Waals surface area contributed by atoms with Crippen molar-refractivity contribution in [3.8, 4) is 0 Å². The molecule has 0 heterocycles. The third-order valence-electron chi connectivity index (χ3n) is 3.58. The number of hydrogen-bond acceptors (Lipinski definition) is 8. The maximum Gasteiger partial charge on any atom is 0.326 e. The first-order valence-corrected chi connectivity index (χ1v) is 8.57. The minimum Gasteiger partial charge on any atom is -0.480 e. The number of nitrogens with one attached hydrogen (secondary N) is 3. The Morgan fingerprint density at radius 3 is 2.11 bits per heavy atom. The highest BCUT2D eigenvalue weighted by Crippen LogP contribution is 2.01. The molecule has 0 aromatic heterocycles. The number of unbranched alkanes of at least 4 members (excludes halogenated alkanes) is 1. The summed E-state index contributed by atoms with van der Waals surface area (Å²) >= 11 is 0. The number of amides is 4. The number of carboxylic acid groups (broad SMARTS) is 1. The molecule has 0 fully saturated rings.